The monoisotopic (exact) mass is 434 g/mol. The lowest BCUT2D eigenvalue weighted by Crippen LogP contribution is -2.41. The van der Waals surface area contributed by atoms with Crippen molar-refractivity contribution in [1.29, 1.82) is 5.26 Å². The number of carbonyl (C=O) groups is 1. The van der Waals surface area contributed by atoms with Gasteiger partial charge in [-0.15, -0.1) is 0 Å². The van der Waals surface area contributed by atoms with Gasteiger partial charge >= 0.3 is 0 Å². The van der Waals surface area contributed by atoms with Gasteiger partial charge in [-0.1, -0.05) is 12.1 Å². The van der Waals surface area contributed by atoms with Crippen LogP contribution in [-0.4, -0.2) is 29.0 Å². The van der Waals surface area contributed by atoms with E-state index in [1.807, 2.05) is 4.90 Å². The molecule has 1 unspecified atom stereocenters. The Hall–Kier alpha value is -4.06. The molecule has 1 atom stereocenters. The Labute approximate surface area is 183 Å². The Morgan fingerprint density at radius 1 is 1.19 bits per heavy atom. The van der Waals surface area contributed by atoms with E-state index < -0.39 is 11.6 Å². The smallest absolute Gasteiger partial charge is 0.229 e. The van der Waals surface area contributed by atoms with Crippen molar-refractivity contribution in [3.8, 4) is 17.3 Å². The van der Waals surface area contributed by atoms with E-state index in [2.05, 4.69) is 15.3 Å². The molecule has 0 bridgehead atoms. The fourth-order valence-corrected chi connectivity index (χ4v) is 3.74. The summed E-state index contributed by atoms with van der Waals surface area (Å²) in [7, 11) is 0. The summed E-state index contributed by atoms with van der Waals surface area (Å²) in [5.74, 6) is -1.03. The number of nitrogens with zero attached hydrogens (tertiary/aromatic N) is 4. The molecular formula is C23H20F2N6O. The second-order valence-corrected chi connectivity index (χ2v) is 7.56. The van der Waals surface area contributed by atoms with Crippen molar-refractivity contribution in [2.75, 3.05) is 29.0 Å². The van der Waals surface area contributed by atoms with Gasteiger partial charge in [-0.05, 0) is 43.2 Å². The van der Waals surface area contributed by atoms with E-state index in [-0.39, 0.29) is 23.3 Å². The minimum atomic E-state index is -0.643. The Morgan fingerprint density at radius 2 is 2.03 bits per heavy atom. The van der Waals surface area contributed by atoms with Crippen molar-refractivity contribution >= 4 is 23.4 Å². The van der Waals surface area contributed by atoms with Crippen molar-refractivity contribution in [2.24, 2.45) is 5.92 Å². The van der Waals surface area contributed by atoms with Crippen LogP contribution in [0.1, 0.15) is 18.4 Å². The number of halogens is 2. The first kappa shape index (κ1) is 21.2. The van der Waals surface area contributed by atoms with Crippen LogP contribution >= 0.6 is 0 Å². The predicted molar refractivity (Wildman–Crippen MR) is 117 cm³/mol. The van der Waals surface area contributed by atoms with Crippen LogP contribution in [-0.2, 0) is 4.79 Å². The molecule has 1 aliphatic heterocycles. The number of piperidine rings is 1. The molecule has 3 N–H and O–H groups in total. The molecule has 1 fully saturated rings. The van der Waals surface area contributed by atoms with Gasteiger partial charge in [0.25, 0.3) is 0 Å². The molecule has 3 aromatic rings. The van der Waals surface area contributed by atoms with Crippen LogP contribution in [0.5, 0.6) is 0 Å². The van der Waals surface area contributed by atoms with E-state index in [0.717, 1.165) is 6.42 Å². The summed E-state index contributed by atoms with van der Waals surface area (Å²) in [6.45, 7) is 1.07. The summed E-state index contributed by atoms with van der Waals surface area (Å²) < 4.78 is 27.5. The number of aromatic nitrogens is 2. The van der Waals surface area contributed by atoms with E-state index in [9.17, 15) is 13.6 Å². The molecule has 9 heteroatoms. The summed E-state index contributed by atoms with van der Waals surface area (Å²) in [5, 5.41) is 11.7. The molecule has 2 aromatic carbocycles. The average molecular weight is 434 g/mol. The van der Waals surface area contributed by atoms with Gasteiger partial charge < -0.3 is 16.0 Å². The quantitative estimate of drug-likeness (QED) is 0.648. The predicted octanol–water partition coefficient (Wildman–Crippen LogP) is 3.73. The first-order valence-corrected chi connectivity index (χ1v) is 10.1. The number of amides is 1. The van der Waals surface area contributed by atoms with Gasteiger partial charge in [0, 0.05) is 30.4 Å². The van der Waals surface area contributed by atoms with Crippen LogP contribution in [0.2, 0.25) is 0 Å². The van der Waals surface area contributed by atoms with E-state index >= 15 is 0 Å². The second kappa shape index (κ2) is 8.98. The summed E-state index contributed by atoms with van der Waals surface area (Å²) in [4.78, 5) is 23.1. The Balaban J connectivity index is 1.54. The van der Waals surface area contributed by atoms with Gasteiger partial charge in [0.05, 0.1) is 17.2 Å². The largest absolute Gasteiger partial charge is 0.368 e. The van der Waals surface area contributed by atoms with E-state index in [4.69, 9.17) is 11.0 Å². The lowest BCUT2D eigenvalue weighted by atomic mass is 9.97. The maximum Gasteiger partial charge on any atom is 0.229 e. The van der Waals surface area contributed by atoms with Crippen molar-refractivity contribution in [1.82, 2.24) is 9.97 Å². The highest BCUT2D eigenvalue weighted by molar-refractivity contribution is 5.93. The molecule has 32 heavy (non-hydrogen) atoms. The third-order valence-electron chi connectivity index (χ3n) is 5.32. The average Bonchev–Trinajstić information content (AvgIpc) is 2.78. The Morgan fingerprint density at radius 3 is 2.78 bits per heavy atom. The van der Waals surface area contributed by atoms with Gasteiger partial charge in [0.1, 0.15) is 23.5 Å². The topological polar surface area (TPSA) is 108 Å². The molecule has 1 aliphatic rings. The highest BCUT2D eigenvalue weighted by Crippen LogP contribution is 2.28. The third kappa shape index (κ3) is 4.64. The number of hydrogen-bond acceptors (Lipinski definition) is 6. The van der Waals surface area contributed by atoms with Crippen LogP contribution in [0.15, 0.2) is 48.5 Å². The van der Waals surface area contributed by atoms with Crippen LogP contribution in [0.3, 0.4) is 0 Å². The minimum Gasteiger partial charge on any atom is -0.368 e. The van der Waals surface area contributed by atoms with Crippen molar-refractivity contribution < 1.29 is 13.6 Å². The maximum absolute atomic E-state index is 14.1. The lowest BCUT2D eigenvalue weighted by molar-refractivity contribution is -0.120. The molecule has 0 saturated carbocycles. The molecule has 2 heterocycles. The molecule has 0 aliphatic carbocycles. The van der Waals surface area contributed by atoms with Gasteiger partial charge in [0.2, 0.25) is 11.9 Å². The molecule has 0 radical (unpaired) electrons. The third-order valence-corrected chi connectivity index (χ3v) is 5.32. The SMILES string of the molecule is N#Cc1ccc(-c2cc(N3CCCC(C(=O)Nc4cccc(F)c4)C3)nc(N)n2)cc1F. The van der Waals surface area contributed by atoms with Gasteiger partial charge in [-0.2, -0.15) is 10.2 Å². The fourth-order valence-electron chi connectivity index (χ4n) is 3.74. The van der Waals surface area contributed by atoms with Gasteiger partial charge in [-0.3, -0.25) is 4.79 Å². The summed E-state index contributed by atoms with van der Waals surface area (Å²) in [6, 6.07) is 13.4. The van der Waals surface area contributed by atoms with E-state index in [1.54, 1.807) is 24.3 Å². The molecule has 162 valence electrons. The number of nitrogens with two attached hydrogens (primary N) is 1. The number of nitrogens with one attached hydrogen (secondary N) is 1. The lowest BCUT2D eigenvalue weighted by Gasteiger charge is -2.33. The number of carbonyl (C=O) groups excluding carboxylic acids is 1. The van der Waals surface area contributed by atoms with Crippen LogP contribution < -0.4 is 16.0 Å². The number of rotatable bonds is 4. The van der Waals surface area contributed by atoms with Crippen LogP contribution in [0.4, 0.5) is 26.2 Å². The van der Waals surface area contributed by atoms with E-state index in [0.29, 0.717) is 42.3 Å². The normalized spacial score (nSPS) is 15.8. The summed E-state index contributed by atoms with van der Waals surface area (Å²) in [6.07, 6.45) is 1.44. The maximum atomic E-state index is 14.1. The Kier molecular flexibility index (Phi) is 5.94. The zero-order chi connectivity index (χ0) is 22.7. The van der Waals surface area contributed by atoms with Crippen molar-refractivity contribution in [3.63, 3.8) is 0 Å². The highest BCUT2D eigenvalue weighted by atomic mass is 19.1. The number of benzene rings is 2. The van der Waals surface area contributed by atoms with Crippen LogP contribution in [0.25, 0.3) is 11.3 Å². The summed E-state index contributed by atoms with van der Waals surface area (Å²) in [5.41, 5.74) is 7.13. The number of nitrogen functional groups attached to an aromatic ring is 1. The van der Waals surface area contributed by atoms with E-state index in [1.165, 1.54) is 30.3 Å². The second-order valence-electron chi connectivity index (χ2n) is 7.56. The van der Waals surface area contributed by atoms with Gasteiger partial charge in [0.15, 0.2) is 0 Å². The molecular weight excluding hydrogens is 414 g/mol. The number of nitriles is 1. The molecule has 4 rings (SSSR count). The zero-order valence-corrected chi connectivity index (χ0v) is 17.1. The standard InChI is InChI=1S/C23H20F2N6O/c24-17-4-1-5-18(10-17)28-22(32)16-3-2-8-31(13-16)21-11-20(29-23(27)30-21)14-6-7-15(12-26)19(25)9-14/h1,4-7,9-11,16H,2-3,8,13H2,(H,28,32)(H2,27,29,30). The minimum absolute atomic E-state index is 0.0219. The van der Waals surface area contributed by atoms with Crippen molar-refractivity contribution in [2.45, 2.75) is 12.8 Å². The number of anilines is 3. The highest BCUT2D eigenvalue weighted by Gasteiger charge is 2.27. The summed E-state index contributed by atoms with van der Waals surface area (Å²) >= 11 is 0. The first-order chi connectivity index (χ1) is 15.4. The van der Waals surface area contributed by atoms with Crippen molar-refractivity contribution in [3.05, 3.63) is 65.7 Å². The van der Waals surface area contributed by atoms with Crippen LogP contribution in [0, 0.1) is 28.9 Å². The molecule has 1 saturated heterocycles. The Bertz CT molecular complexity index is 1210. The molecule has 0 spiro atoms. The fraction of sp³-hybridized carbons (Fsp3) is 0.217. The molecule has 1 amide bonds. The number of hydrogen-bond donors (Lipinski definition) is 2. The first-order valence-electron chi connectivity index (χ1n) is 10.1. The molecule has 7 nitrogen and oxygen atoms in total. The molecule has 1 aromatic heterocycles. The van der Waals surface area contributed by atoms with Gasteiger partial charge in [-0.25, -0.2) is 13.8 Å². The zero-order valence-electron chi connectivity index (χ0n) is 17.1.